The van der Waals surface area contributed by atoms with Gasteiger partial charge in [0.15, 0.2) is 9.84 Å². The van der Waals surface area contributed by atoms with Crippen LogP contribution in [0.1, 0.15) is 12.0 Å². The molecule has 2 N–H and O–H groups in total. The predicted octanol–water partition coefficient (Wildman–Crippen LogP) is 0.782. The maximum atomic E-state index is 11.5. The predicted molar refractivity (Wildman–Crippen MR) is 57.9 cm³/mol. The zero-order chi connectivity index (χ0) is 12.2. The Morgan fingerprint density at radius 3 is 2.56 bits per heavy atom. The van der Waals surface area contributed by atoms with Crippen LogP contribution in [0.3, 0.4) is 0 Å². The first-order chi connectivity index (χ1) is 7.39. The van der Waals surface area contributed by atoms with Crippen LogP contribution < -0.4 is 0 Å². The Morgan fingerprint density at radius 1 is 1.31 bits per heavy atom. The van der Waals surface area contributed by atoms with Gasteiger partial charge in [0, 0.05) is 0 Å². The van der Waals surface area contributed by atoms with E-state index >= 15 is 0 Å². The molecule has 88 valence electrons. The van der Waals surface area contributed by atoms with Gasteiger partial charge in [0.1, 0.15) is 5.75 Å². The summed E-state index contributed by atoms with van der Waals surface area (Å²) < 4.78 is 22.9. The molecule has 1 aromatic carbocycles. The molecule has 0 saturated carbocycles. The molecule has 0 saturated heterocycles. The lowest BCUT2D eigenvalue weighted by Crippen LogP contribution is -2.12. The van der Waals surface area contributed by atoms with Crippen molar-refractivity contribution in [2.45, 2.75) is 12.2 Å². The highest BCUT2D eigenvalue weighted by Crippen LogP contribution is 2.14. The van der Waals surface area contributed by atoms with E-state index in [4.69, 9.17) is 10.2 Å². The highest BCUT2D eigenvalue weighted by atomic mass is 32.2. The molecule has 0 fully saturated rings. The maximum Gasteiger partial charge on any atom is 0.304 e. The molecule has 0 heterocycles. The van der Waals surface area contributed by atoms with E-state index in [1.54, 1.807) is 6.07 Å². The van der Waals surface area contributed by atoms with Crippen LogP contribution in [0.5, 0.6) is 5.75 Å². The Hall–Kier alpha value is -1.56. The number of carboxylic acids is 1. The lowest BCUT2D eigenvalue weighted by molar-refractivity contribution is -0.136. The van der Waals surface area contributed by atoms with Crippen molar-refractivity contribution in [1.82, 2.24) is 0 Å². The fourth-order valence-corrected chi connectivity index (χ4v) is 2.53. The van der Waals surface area contributed by atoms with Gasteiger partial charge in [0.05, 0.1) is 17.9 Å². The SMILES string of the molecule is O=C(O)CCS(=O)(=O)Cc1cccc(O)c1. The number of aromatic hydroxyl groups is 1. The first-order valence-electron chi connectivity index (χ1n) is 4.59. The number of aliphatic carboxylic acids is 1. The number of phenolic OH excluding ortho intramolecular Hbond substituents is 1. The van der Waals surface area contributed by atoms with Crippen molar-refractivity contribution in [3.05, 3.63) is 29.8 Å². The lowest BCUT2D eigenvalue weighted by Gasteiger charge is -2.03. The average Bonchev–Trinajstić information content (AvgIpc) is 2.14. The van der Waals surface area contributed by atoms with Gasteiger partial charge < -0.3 is 10.2 Å². The van der Waals surface area contributed by atoms with Gasteiger partial charge >= 0.3 is 5.97 Å². The molecular formula is C10H12O5S. The summed E-state index contributed by atoms with van der Waals surface area (Å²) in [5.41, 5.74) is 0.449. The van der Waals surface area contributed by atoms with E-state index in [2.05, 4.69) is 0 Å². The van der Waals surface area contributed by atoms with E-state index in [0.717, 1.165) is 0 Å². The summed E-state index contributed by atoms with van der Waals surface area (Å²) >= 11 is 0. The first kappa shape index (κ1) is 12.5. The van der Waals surface area contributed by atoms with Gasteiger partial charge in [0.2, 0.25) is 0 Å². The van der Waals surface area contributed by atoms with E-state index in [9.17, 15) is 13.2 Å². The van der Waals surface area contributed by atoms with E-state index < -0.39 is 28.0 Å². The molecular weight excluding hydrogens is 232 g/mol. The summed E-state index contributed by atoms with van der Waals surface area (Å²) in [6.45, 7) is 0. The fourth-order valence-electron chi connectivity index (χ4n) is 1.22. The third-order valence-electron chi connectivity index (χ3n) is 1.92. The van der Waals surface area contributed by atoms with Crippen molar-refractivity contribution in [3.8, 4) is 5.75 Å². The number of hydrogen-bond acceptors (Lipinski definition) is 4. The van der Waals surface area contributed by atoms with Crippen LogP contribution in [0.15, 0.2) is 24.3 Å². The van der Waals surface area contributed by atoms with Crippen molar-refractivity contribution in [3.63, 3.8) is 0 Å². The van der Waals surface area contributed by atoms with Gasteiger partial charge in [-0.25, -0.2) is 8.42 Å². The number of rotatable bonds is 5. The Morgan fingerprint density at radius 2 is 2.00 bits per heavy atom. The van der Waals surface area contributed by atoms with Crippen molar-refractivity contribution in [1.29, 1.82) is 0 Å². The second kappa shape index (κ2) is 4.98. The van der Waals surface area contributed by atoms with E-state index in [1.807, 2.05) is 0 Å². The number of carbonyl (C=O) groups is 1. The Bertz CT molecular complexity index is 478. The van der Waals surface area contributed by atoms with Gasteiger partial charge in [-0.2, -0.15) is 0 Å². The minimum Gasteiger partial charge on any atom is -0.508 e. The van der Waals surface area contributed by atoms with Crippen molar-refractivity contribution >= 4 is 15.8 Å². The van der Waals surface area contributed by atoms with Gasteiger partial charge in [0.25, 0.3) is 0 Å². The van der Waals surface area contributed by atoms with E-state index in [0.29, 0.717) is 5.56 Å². The molecule has 0 radical (unpaired) electrons. The molecule has 6 heteroatoms. The third kappa shape index (κ3) is 4.31. The summed E-state index contributed by atoms with van der Waals surface area (Å²) in [5.74, 6) is -1.79. The molecule has 0 bridgehead atoms. The lowest BCUT2D eigenvalue weighted by atomic mass is 10.2. The summed E-state index contributed by atoms with van der Waals surface area (Å²) in [7, 11) is -3.44. The molecule has 0 aromatic heterocycles. The highest BCUT2D eigenvalue weighted by Gasteiger charge is 2.14. The Kier molecular flexibility index (Phi) is 3.89. The smallest absolute Gasteiger partial charge is 0.304 e. The molecule has 5 nitrogen and oxygen atoms in total. The summed E-state index contributed by atoms with van der Waals surface area (Å²) in [6.07, 6.45) is -0.402. The molecule has 0 aliphatic rings. The van der Waals surface area contributed by atoms with Crippen molar-refractivity contribution in [2.24, 2.45) is 0 Å². The van der Waals surface area contributed by atoms with Gasteiger partial charge in [-0.15, -0.1) is 0 Å². The number of carboxylic acid groups (broad SMARTS) is 1. The standard InChI is InChI=1S/C10H12O5S/c11-9-3-1-2-8(6-9)7-16(14,15)5-4-10(12)13/h1-3,6,11H,4-5,7H2,(H,12,13). The van der Waals surface area contributed by atoms with Gasteiger partial charge in [-0.3, -0.25) is 4.79 Å². The van der Waals surface area contributed by atoms with Gasteiger partial charge in [-0.1, -0.05) is 12.1 Å². The second-order valence-corrected chi connectivity index (χ2v) is 5.59. The zero-order valence-corrected chi connectivity index (χ0v) is 9.27. The van der Waals surface area contributed by atoms with Gasteiger partial charge in [-0.05, 0) is 17.7 Å². The van der Waals surface area contributed by atoms with Crippen LogP contribution in [0.2, 0.25) is 0 Å². The summed E-state index contributed by atoms with van der Waals surface area (Å²) in [4.78, 5) is 10.2. The minimum absolute atomic E-state index is 0.00839. The Labute approximate surface area is 93.3 Å². The number of benzene rings is 1. The molecule has 0 aliphatic carbocycles. The van der Waals surface area contributed by atoms with E-state index in [1.165, 1.54) is 18.2 Å². The topological polar surface area (TPSA) is 91.7 Å². The average molecular weight is 244 g/mol. The molecule has 0 atom stereocenters. The van der Waals surface area contributed by atoms with Crippen LogP contribution in [0.4, 0.5) is 0 Å². The fraction of sp³-hybridized carbons (Fsp3) is 0.300. The molecule has 0 spiro atoms. The third-order valence-corrected chi connectivity index (χ3v) is 3.52. The highest BCUT2D eigenvalue weighted by molar-refractivity contribution is 7.90. The van der Waals surface area contributed by atoms with Crippen LogP contribution in [0.25, 0.3) is 0 Å². The maximum absolute atomic E-state index is 11.5. The molecule has 16 heavy (non-hydrogen) atoms. The zero-order valence-electron chi connectivity index (χ0n) is 8.46. The number of hydrogen-bond donors (Lipinski definition) is 2. The molecule has 1 rings (SSSR count). The Balaban J connectivity index is 2.69. The largest absolute Gasteiger partial charge is 0.508 e. The monoisotopic (exact) mass is 244 g/mol. The van der Waals surface area contributed by atoms with Crippen LogP contribution >= 0.6 is 0 Å². The molecule has 0 aliphatic heterocycles. The normalized spacial score (nSPS) is 11.2. The van der Waals surface area contributed by atoms with Crippen LogP contribution in [0, 0.1) is 0 Å². The summed E-state index contributed by atoms with van der Waals surface area (Å²) in [6, 6.07) is 5.89. The molecule has 0 unspecified atom stereocenters. The van der Waals surface area contributed by atoms with Crippen molar-refractivity contribution in [2.75, 3.05) is 5.75 Å². The first-order valence-corrected chi connectivity index (χ1v) is 6.41. The molecule has 1 aromatic rings. The van der Waals surface area contributed by atoms with E-state index in [-0.39, 0.29) is 11.5 Å². The quantitative estimate of drug-likeness (QED) is 0.798. The van der Waals surface area contributed by atoms with Crippen LogP contribution in [-0.4, -0.2) is 30.4 Å². The second-order valence-electron chi connectivity index (χ2n) is 3.41. The minimum atomic E-state index is -3.44. The number of phenols is 1. The number of sulfone groups is 1. The van der Waals surface area contributed by atoms with Crippen LogP contribution in [-0.2, 0) is 20.4 Å². The summed E-state index contributed by atoms with van der Waals surface area (Å²) in [5, 5.41) is 17.5. The van der Waals surface area contributed by atoms with Crippen molar-refractivity contribution < 1.29 is 23.4 Å². The molecule has 0 amide bonds.